The van der Waals surface area contributed by atoms with Crippen LogP contribution in [0.5, 0.6) is 5.75 Å². The number of amidine groups is 1. The van der Waals surface area contributed by atoms with Crippen LogP contribution in [0.25, 0.3) is 0 Å². The molecule has 0 saturated carbocycles. The van der Waals surface area contributed by atoms with Crippen molar-refractivity contribution in [3.05, 3.63) is 52.7 Å². The van der Waals surface area contributed by atoms with Gasteiger partial charge in [0.2, 0.25) is 5.43 Å². The average Bonchev–Trinajstić information content (AvgIpc) is 2.50. The summed E-state index contributed by atoms with van der Waals surface area (Å²) in [6.45, 7) is 6.00. The van der Waals surface area contributed by atoms with Gasteiger partial charge in [0, 0.05) is 32.4 Å². The number of carbonyl (C=O) groups excluding carboxylic acids is 1. The smallest absolute Gasteiger partial charge is 0.268 e. The van der Waals surface area contributed by atoms with E-state index in [1.54, 1.807) is 20.0 Å². The van der Waals surface area contributed by atoms with Gasteiger partial charge >= 0.3 is 0 Å². The Kier molecular flexibility index (Phi) is 6.60. The zero-order valence-corrected chi connectivity index (χ0v) is 13.2. The van der Waals surface area contributed by atoms with E-state index < -0.39 is 17.1 Å². The van der Waals surface area contributed by atoms with E-state index in [0.29, 0.717) is 24.6 Å². The van der Waals surface area contributed by atoms with Crippen LogP contribution in [-0.2, 0) is 7.05 Å². The molecule has 0 spiro atoms. The fourth-order valence-corrected chi connectivity index (χ4v) is 1.81. The molecule has 0 aromatic carbocycles. The highest BCUT2D eigenvalue weighted by molar-refractivity contribution is 5.96. The second kappa shape index (κ2) is 8.42. The maximum absolute atomic E-state index is 12.0. The summed E-state index contributed by atoms with van der Waals surface area (Å²) in [5.41, 5.74) is 5.92. The van der Waals surface area contributed by atoms with Crippen LogP contribution in [0.4, 0.5) is 0 Å². The number of nitrogens with zero attached hydrogens (tertiary/aromatic N) is 2. The van der Waals surface area contributed by atoms with Gasteiger partial charge in [0.05, 0.1) is 11.9 Å². The van der Waals surface area contributed by atoms with Crippen LogP contribution in [-0.4, -0.2) is 34.5 Å². The van der Waals surface area contributed by atoms with Crippen molar-refractivity contribution >= 4 is 11.7 Å². The molecule has 1 heterocycles. The average molecular weight is 319 g/mol. The molecular weight excluding hydrogens is 298 g/mol. The monoisotopic (exact) mass is 319 g/mol. The van der Waals surface area contributed by atoms with Gasteiger partial charge in [-0.1, -0.05) is 12.7 Å². The number of rotatable bonds is 7. The van der Waals surface area contributed by atoms with Gasteiger partial charge in [0.25, 0.3) is 5.91 Å². The van der Waals surface area contributed by atoms with E-state index >= 15 is 0 Å². The van der Waals surface area contributed by atoms with Crippen molar-refractivity contribution in [2.75, 3.05) is 13.1 Å². The van der Waals surface area contributed by atoms with Gasteiger partial charge in [-0.15, -0.1) is 0 Å². The zero-order valence-electron chi connectivity index (χ0n) is 13.2. The van der Waals surface area contributed by atoms with Crippen LogP contribution in [0.15, 0.2) is 46.6 Å². The molecule has 124 valence electrons. The maximum Gasteiger partial charge on any atom is 0.268 e. The molecule has 0 aliphatic heterocycles. The lowest BCUT2D eigenvalue weighted by Crippen LogP contribution is -2.35. The van der Waals surface area contributed by atoms with Crippen LogP contribution in [0.3, 0.4) is 0 Å². The number of amides is 1. The largest absolute Gasteiger partial charge is 0.503 e. The Morgan fingerprint density at radius 3 is 2.74 bits per heavy atom. The molecule has 1 aromatic rings. The molecule has 5 N–H and O–H groups in total. The summed E-state index contributed by atoms with van der Waals surface area (Å²) in [5.74, 6) is -0.517. The summed E-state index contributed by atoms with van der Waals surface area (Å²) in [6.07, 6.45) is 4.29. The number of hydrogen-bond acceptors (Lipinski definition) is 5. The van der Waals surface area contributed by atoms with Gasteiger partial charge in [-0.2, -0.15) is 0 Å². The first kappa shape index (κ1) is 18.0. The zero-order chi connectivity index (χ0) is 17.4. The molecule has 1 rings (SSSR count). The number of hydrogen-bond donors (Lipinski definition) is 4. The van der Waals surface area contributed by atoms with E-state index in [1.807, 2.05) is 0 Å². The quantitative estimate of drug-likeness (QED) is 0.315. The highest BCUT2D eigenvalue weighted by Crippen LogP contribution is 2.02. The predicted octanol–water partition coefficient (Wildman–Crippen LogP) is -0.185. The lowest BCUT2D eigenvalue weighted by molar-refractivity contribution is 0.0945. The third-order valence-electron chi connectivity index (χ3n) is 2.97. The number of aromatic nitrogens is 1. The summed E-state index contributed by atoms with van der Waals surface area (Å²) >= 11 is 0. The van der Waals surface area contributed by atoms with Gasteiger partial charge in [-0.05, 0) is 6.92 Å². The minimum absolute atomic E-state index is 0.159. The Hall–Kier alpha value is -3.03. The van der Waals surface area contributed by atoms with Crippen LogP contribution in [0, 0.1) is 0 Å². The number of aromatic hydroxyl groups is 1. The molecule has 0 aliphatic carbocycles. The van der Waals surface area contributed by atoms with Crippen molar-refractivity contribution in [3.8, 4) is 5.75 Å². The van der Waals surface area contributed by atoms with Gasteiger partial charge in [-0.3, -0.25) is 9.59 Å². The number of nitrogens with one attached hydrogen (secondary N) is 2. The fourth-order valence-electron chi connectivity index (χ4n) is 1.81. The van der Waals surface area contributed by atoms with E-state index in [-0.39, 0.29) is 5.69 Å². The number of aryl methyl sites for hydroxylation is 1. The number of aliphatic imine (C=N–C) groups is 1. The van der Waals surface area contributed by atoms with Crippen LogP contribution in [0.2, 0.25) is 0 Å². The lowest BCUT2D eigenvalue weighted by atomic mass is 10.3. The molecule has 0 fully saturated rings. The number of carbonyl (C=O) groups is 1. The summed E-state index contributed by atoms with van der Waals surface area (Å²) in [7, 11) is 1.57. The second-order valence-electron chi connectivity index (χ2n) is 4.60. The molecule has 1 aromatic heterocycles. The van der Waals surface area contributed by atoms with Crippen molar-refractivity contribution in [3.63, 3.8) is 0 Å². The molecule has 0 unspecified atom stereocenters. The predicted molar refractivity (Wildman–Crippen MR) is 89.3 cm³/mol. The first-order valence-corrected chi connectivity index (χ1v) is 6.93. The standard InChI is InChI=1S/C15H21N5O3/c1-4-10(14(16)17-5-2)18-6-7-19-15(23)11-8-12(21)13(22)9-20(11)3/h4-5,8-9,18,22H,2,6-7H2,1,3H3,(H2,16,17)(H,19,23)/b10-4+. The van der Waals surface area contributed by atoms with E-state index in [0.717, 1.165) is 6.07 Å². The fraction of sp³-hybridized carbons (Fsp3) is 0.267. The Balaban J connectivity index is 2.58. The van der Waals surface area contributed by atoms with Gasteiger partial charge in [0.1, 0.15) is 11.5 Å². The van der Waals surface area contributed by atoms with E-state index in [9.17, 15) is 14.7 Å². The third kappa shape index (κ3) is 5.03. The van der Waals surface area contributed by atoms with E-state index in [4.69, 9.17) is 5.73 Å². The Morgan fingerprint density at radius 2 is 2.13 bits per heavy atom. The SMILES string of the molecule is C=CN=C(N)/C(=C\C)NCCNC(=O)c1cc(=O)c(O)cn1C. The van der Waals surface area contributed by atoms with Crippen LogP contribution in [0.1, 0.15) is 17.4 Å². The van der Waals surface area contributed by atoms with Crippen molar-refractivity contribution in [1.29, 1.82) is 0 Å². The first-order valence-electron chi connectivity index (χ1n) is 6.93. The minimum Gasteiger partial charge on any atom is -0.503 e. The molecule has 0 aliphatic rings. The van der Waals surface area contributed by atoms with E-state index in [1.165, 1.54) is 17.0 Å². The second-order valence-corrected chi connectivity index (χ2v) is 4.60. The topological polar surface area (TPSA) is 122 Å². The van der Waals surface area contributed by atoms with Crippen molar-refractivity contribution in [1.82, 2.24) is 15.2 Å². The maximum atomic E-state index is 12.0. The first-order chi connectivity index (χ1) is 10.9. The highest BCUT2D eigenvalue weighted by Gasteiger charge is 2.11. The normalized spacial score (nSPS) is 11.9. The summed E-state index contributed by atoms with van der Waals surface area (Å²) in [6, 6.07) is 1.09. The van der Waals surface area contributed by atoms with Gasteiger partial charge < -0.3 is 26.0 Å². The van der Waals surface area contributed by atoms with Crippen molar-refractivity contribution in [2.24, 2.45) is 17.8 Å². The Bertz CT molecular complexity index is 704. The van der Waals surface area contributed by atoms with Crippen molar-refractivity contribution < 1.29 is 9.90 Å². The van der Waals surface area contributed by atoms with Gasteiger partial charge in [-0.25, -0.2) is 4.99 Å². The third-order valence-corrected chi connectivity index (χ3v) is 2.97. The molecular formula is C15H21N5O3. The summed E-state index contributed by atoms with van der Waals surface area (Å²) in [5, 5.41) is 15.0. The van der Waals surface area contributed by atoms with Crippen LogP contribution < -0.4 is 21.8 Å². The molecule has 1 amide bonds. The van der Waals surface area contributed by atoms with E-state index in [2.05, 4.69) is 22.2 Å². The lowest BCUT2D eigenvalue weighted by Gasteiger charge is -2.12. The molecule has 0 bridgehead atoms. The highest BCUT2D eigenvalue weighted by atomic mass is 16.3. The molecule has 8 nitrogen and oxygen atoms in total. The summed E-state index contributed by atoms with van der Waals surface area (Å²) < 4.78 is 1.38. The van der Waals surface area contributed by atoms with Gasteiger partial charge in [0.15, 0.2) is 5.75 Å². The number of nitrogens with two attached hydrogens (primary N) is 1. The molecule has 23 heavy (non-hydrogen) atoms. The number of allylic oxidation sites excluding steroid dienone is 1. The Morgan fingerprint density at radius 1 is 1.48 bits per heavy atom. The molecule has 8 heteroatoms. The number of pyridine rings is 1. The molecule has 0 saturated heterocycles. The van der Waals surface area contributed by atoms with Crippen molar-refractivity contribution in [2.45, 2.75) is 6.92 Å². The Labute approximate surface area is 134 Å². The molecule has 0 radical (unpaired) electrons. The van der Waals surface area contributed by atoms with Crippen LogP contribution >= 0.6 is 0 Å². The summed E-state index contributed by atoms with van der Waals surface area (Å²) in [4.78, 5) is 27.3. The molecule has 0 atom stereocenters. The minimum atomic E-state index is -0.601.